The van der Waals surface area contributed by atoms with Gasteiger partial charge in [-0.05, 0) is 39.4 Å². The minimum atomic E-state index is 0.464. The highest BCUT2D eigenvalue weighted by molar-refractivity contribution is 6.21. The Balaban J connectivity index is 1.83. The third kappa shape index (κ3) is 3.74. The van der Waals surface area contributed by atoms with Crippen LogP contribution < -0.4 is 5.32 Å². The molecule has 1 saturated carbocycles. The van der Waals surface area contributed by atoms with Gasteiger partial charge in [-0.1, -0.05) is 0 Å². The van der Waals surface area contributed by atoms with E-state index >= 15 is 0 Å². The van der Waals surface area contributed by atoms with E-state index in [1.54, 1.807) is 0 Å². The molecule has 0 spiro atoms. The Bertz CT molecular complexity index is 122. The zero-order valence-corrected chi connectivity index (χ0v) is 8.77. The first kappa shape index (κ1) is 10.3. The van der Waals surface area contributed by atoms with Gasteiger partial charge in [-0.2, -0.15) is 0 Å². The van der Waals surface area contributed by atoms with Crippen LogP contribution in [0.1, 0.15) is 12.8 Å². The Morgan fingerprint density at radius 1 is 1.42 bits per heavy atom. The van der Waals surface area contributed by atoms with Gasteiger partial charge in [0.2, 0.25) is 0 Å². The molecule has 1 N–H and O–H groups in total. The lowest BCUT2D eigenvalue weighted by Crippen LogP contribution is -2.36. The van der Waals surface area contributed by atoms with Gasteiger partial charge in [-0.3, -0.25) is 0 Å². The van der Waals surface area contributed by atoms with Crippen molar-refractivity contribution in [2.75, 3.05) is 33.7 Å². The maximum Gasteiger partial charge on any atom is 0.0342 e. The third-order valence-corrected chi connectivity index (χ3v) is 2.70. The molecule has 2 nitrogen and oxygen atoms in total. The van der Waals surface area contributed by atoms with Crippen molar-refractivity contribution in [3.8, 4) is 0 Å². The van der Waals surface area contributed by atoms with Crippen LogP contribution in [0.5, 0.6) is 0 Å². The van der Waals surface area contributed by atoms with E-state index in [0.29, 0.717) is 5.38 Å². The normalized spacial score (nSPS) is 29.0. The van der Waals surface area contributed by atoms with Crippen molar-refractivity contribution < 1.29 is 0 Å². The summed E-state index contributed by atoms with van der Waals surface area (Å²) in [4.78, 5) is 2.19. The zero-order chi connectivity index (χ0) is 8.97. The summed E-state index contributed by atoms with van der Waals surface area (Å²) in [5, 5.41) is 3.90. The molecular weight excluding hydrogens is 172 g/mol. The fraction of sp³-hybridized carbons (Fsp3) is 1.00. The highest BCUT2D eigenvalue weighted by Gasteiger charge is 2.26. The fourth-order valence-electron chi connectivity index (χ4n) is 1.43. The second kappa shape index (κ2) is 5.05. The second-order valence-corrected chi connectivity index (χ2v) is 4.56. The first-order valence-corrected chi connectivity index (χ1v) is 5.11. The Labute approximate surface area is 80.3 Å². The van der Waals surface area contributed by atoms with E-state index in [1.165, 1.54) is 12.8 Å². The number of hydrogen-bond donors (Lipinski definition) is 1. The Morgan fingerprint density at radius 2 is 2.08 bits per heavy atom. The molecule has 0 aromatic rings. The number of alkyl halides is 1. The predicted octanol–water partition coefficient (Wildman–Crippen LogP) is 1.16. The average Bonchev–Trinajstić information content (AvgIpc) is 1.93. The molecule has 0 aliphatic heterocycles. The molecule has 72 valence electrons. The molecule has 0 radical (unpaired) electrons. The van der Waals surface area contributed by atoms with Crippen molar-refractivity contribution in [2.45, 2.75) is 18.2 Å². The average molecular weight is 191 g/mol. The maximum atomic E-state index is 5.87. The van der Waals surface area contributed by atoms with E-state index < -0.39 is 0 Å². The first-order valence-electron chi connectivity index (χ1n) is 4.68. The van der Waals surface area contributed by atoms with Gasteiger partial charge in [-0.15, -0.1) is 11.6 Å². The van der Waals surface area contributed by atoms with Crippen LogP contribution in [0.3, 0.4) is 0 Å². The second-order valence-electron chi connectivity index (χ2n) is 3.94. The maximum absolute atomic E-state index is 5.87. The molecular formula is C9H19ClN2. The zero-order valence-electron chi connectivity index (χ0n) is 8.02. The van der Waals surface area contributed by atoms with Crippen molar-refractivity contribution in [3.05, 3.63) is 0 Å². The lowest BCUT2D eigenvalue weighted by molar-refractivity contribution is 0.301. The Hall–Kier alpha value is 0.210. The number of halogens is 1. The number of nitrogens with zero attached hydrogens (tertiary/aromatic N) is 1. The molecule has 1 rings (SSSR count). The molecule has 1 fully saturated rings. The van der Waals surface area contributed by atoms with Crippen LogP contribution in [0, 0.1) is 5.92 Å². The summed E-state index contributed by atoms with van der Waals surface area (Å²) >= 11 is 5.87. The molecule has 0 saturated heterocycles. The van der Waals surface area contributed by atoms with Crippen LogP contribution in [-0.2, 0) is 0 Å². The Morgan fingerprint density at radius 3 is 2.58 bits per heavy atom. The van der Waals surface area contributed by atoms with Gasteiger partial charge in [0.05, 0.1) is 0 Å². The molecule has 0 aromatic heterocycles. The van der Waals surface area contributed by atoms with Gasteiger partial charge in [0, 0.05) is 18.5 Å². The Kier molecular flexibility index (Phi) is 4.33. The van der Waals surface area contributed by atoms with Crippen molar-refractivity contribution in [1.82, 2.24) is 10.2 Å². The molecule has 0 atom stereocenters. The van der Waals surface area contributed by atoms with E-state index in [0.717, 1.165) is 25.6 Å². The van der Waals surface area contributed by atoms with Crippen LogP contribution in [0.15, 0.2) is 0 Å². The van der Waals surface area contributed by atoms with E-state index in [2.05, 4.69) is 24.3 Å². The summed E-state index contributed by atoms with van der Waals surface area (Å²) < 4.78 is 0. The molecule has 1 aliphatic carbocycles. The van der Waals surface area contributed by atoms with Crippen LogP contribution in [0.2, 0.25) is 0 Å². The number of nitrogens with one attached hydrogen (secondary N) is 1. The fourth-order valence-corrected chi connectivity index (χ4v) is 1.93. The largest absolute Gasteiger partial charge is 0.315 e. The summed E-state index contributed by atoms with van der Waals surface area (Å²) in [6.07, 6.45) is 2.41. The van der Waals surface area contributed by atoms with Gasteiger partial charge in [-0.25, -0.2) is 0 Å². The number of rotatable bonds is 5. The standard InChI is InChI=1S/C9H19ClN2/c1-12(2)4-3-11-7-8-5-9(10)6-8/h8-9,11H,3-7H2,1-2H3. The van der Waals surface area contributed by atoms with Crippen molar-refractivity contribution in [2.24, 2.45) is 5.92 Å². The number of likely N-dealkylation sites (N-methyl/N-ethyl adjacent to an activating group) is 1. The third-order valence-electron chi connectivity index (χ3n) is 2.35. The van der Waals surface area contributed by atoms with Crippen molar-refractivity contribution >= 4 is 11.6 Å². The lowest BCUT2D eigenvalue weighted by atomic mass is 9.85. The molecule has 0 aromatic carbocycles. The van der Waals surface area contributed by atoms with E-state index in [1.807, 2.05) is 0 Å². The molecule has 0 unspecified atom stereocenters. The lowest BCUT2D eigenvalue weighted by Gasteiger charge is -2.31. The van der Waals surface area contributed by atoms with E-state index in [-0.39, 0.29) is 0 Å². The van der Waals surface area contributed by atoms with E-state index in [9.17, 15) is 0 Å². The van der Waals surface area contributed by atoms with Gasteiger partial charge in [0.1, 0.15) is 0 Å². The topological polar surface area (TPSA) is 15.3 Å². The molecule has 0 heterocycles. The van der Waals surface area contributed by atoms with Crippen LogP contribution in [-0.4, -0.2) is 44.0 Å². The van der Waals surface area contributed by atoms with Gasteiger partial charge in [0.15, 0.2) is 0 Å². The molecule has 0 amide bonds. The predicted molar refractivity (Wildman–Crippen MR) is 53.8 cm³/mol. The SMILES string of the molecule is CN(C)CCNCC1CC(Cl)C1. The molecule has 1 aliphatic rings. The molecule has 12 heavy (non-hydrogen) atoms. The summed E-state index contributed by atoms with van der Waals surface area (Å²) in [7, 11) is 4.19. The van der Waals surface area contributed by atoms with Gasteiger partial charge in [0.25, 0.3) is 0 Å². The summed E-state index contributed by atoms with van der Waals surface area (Å²) in [6.45, 7) is 3.37. The first-order chi connectivity index (χ1) is 5.68. The van der Waals surface area contributed by atoms with Crippen LogP contribution >= 0.6 is 11.6 Å². The highest BCUT2D eigenvalue weighted by Crippen LogP contribution is 2.30. The molecule has 3 heteroatoms. The molecule has 0 bridgehead atoms. The summed E-state index contributed by atoms with van der Waals surface area (Å²) in [6, 6.07) is 0. The smallest absolute Gasteiger partial charge is 0.0342 e. The van der Waals surface area contributed by atoms with E-state index in [4.69, 9.17) is 11.6 Å². The monoisotopic (exact) mass is 190 g/mol. The van der Waals surface area contributed by atoms with Crippen molar-refractivity contribution in [1.29, 1.82) is 0 Å². The minimum absolute atomic E-state index is 0.464. The quantitative estimate of drug-likeness (QED) is 0.517. The number of hydrogen-bond acceptors (Lipinski definition) is 2. The van der Waals surface area contributed by atoms with Crippen LogP contribution in [0.4, 0.5) is 0 Å². The summed E-state index contributed by atoms with van der Waals surface area (Å²) in [5.41, 5.74) is 0. The highest BCUT2D eigenvalue weighted by atomic mass is 35.5. The van der Waals surface area contributed by atoms with Gasteiger partial charge >= 0.3 is 0 Å². The van der Waals surface area contributed by atoms with Crippen LogP contribution in [0.25, 0.3) is 0 Å². The van der Waals surface area contributed by atoms with Crippen molar-refractivity contribution in [3.63, 3.8) is 0 Å². The summed E-state index contributed by atoms with van der Waals surface area (Å²) in [5.74, 6) is 0.842. The minimum Gasteiger partial charge on any atom is -0.315 e. The van der Waals surface area contributed by atoms with Gasteiger partial charge < -0.3 is 10.2 Å².